The Morgan fingerprint density at radius 3 is 3.30 bits per heavy atom. The Bertz CT molecular complexity index is 260. The van der Waals surface area contributed by atoms with Gasteiger partial charge in [0.2, 0.25) is 0 Å². The molecule has 1 aliphatic heterocycles. The second-order valence-electron chi connectivity index (χ2n) is 2.38. The second-order valence-corrected chi connectivity index (χ2v) is 3.49. The van der Waals surface area contributed by atoms with Crippen molar-refractivity contribution in [2.45, 2.75) is 18.2 Å². The van der Waals surface area contributed by atoms with Crippen molar-refractivity contribution >= 4 is 11.8 Å². The van der Waals surface area contributed by atoms with E-state index >= 15 is 0 Å². The fourth-order valence-corrected chi connectivity index (χ4v) is 2.28. The highest BCUT2D eigenvalue weighted by atomic mass is 32.2. The zero-order valence-corrected chi connectivity index (χ0v) is 6.61. The number of thioether (sulfide) groups is 1. The first-order chi connectivity index (χ1) is 4.88. The van der Waals surface area contributed by atoms with Gasteiger partial charge in [0.25, 0.3) is 0 Å². The van der Waals surface area contributed by atoms with Gasteiger partial charge in [-0.1, -0.05) is 0 Å². The molecular weight excluding hydrogens is 144 g/mol. The van der Waals surface area contributed by atoms with Gasteiger partial charge in [-0.15, -0.1) is 11.8 Å². The SMILES string of the molecule is Cc1nncc2c1SCC2. The average molecular weight is 152 g/mol. The molecule has 0 radical (unpaired) electrons. The zero-order chi connectivity index (χ0) is 6.97. The van der Waals surface area contributed by atoms with Crippen LogP contribution in [0.25, 0.3) is 0 Å². The minimum absolute atomic E-state index is 1.08. The van der Waals surface area contributed by atoms with Gasteiger partial charge in [-0.25, -0.2) is 0 Å². The standard InChI is InChI=1S/C7H8N2S/c1-5-7-6(2-3-10-7)4-8-9-5/h4H,2-3H2,1H3. The molecule has 0 unspecified atom stereocenters. The molecule has 0 saturated heterocycles. The van der Waals surface area contributed by atoms with Gasteiger partial charge in [-0.05, 0) is 18.9 Å². The van der Waals surface area contributed by atoms with Crippen molar-refractivity contribution in [1.29, 1.82) is 0 Å². The average Bonchev–Trinajstić information content (AvgIpc) is 2.36. The van der Waals surface area contributed by atoms with Gasteiger partial charge in [0.05, 0.1) is 11.9 Å². The normalized spacial score (nSPS) is 15.3. The lowest BCUT2D eigenvalue weighted by molar-refractivity contribution is 0.909. The van der Waals surface area contributed by atoms with Crippen LogP contribution in [0.2, 0.25) is 0 Å². The predicted molar refractivity (Wildman–Crippen MR) is 41.2 cm³/mol. The Morgan fingerprint density at radius 2 is 2.50 bits per heavy atom. The summed E-state index contributed by atoms with van der Waals surface area (Å²) < 4.78 is 0. The summed E-state index contributed by atoms with van der Waals surface area (Å²) >= 11 is 1.89. The van der Waals surface area contributed by atoms with Crippen LogP contribution in [0.15, 0.2) is 11.1 Å². The molecule has 1 aromatic heterocycles. The van der Waals surface area contributed by atoms with E-state index < -0.39 is 0 Å². The van der Waals surface area contributed by atoms with Crippen molar-refractivity contribution in [1.82, 2.24) is 10.2 Å². The lowest BCUT2D eigenvalue weighted by atomic mass is 10.2. The van der Waals surface area contributed by atoms with Crippen molar-refractivity contribution in [2.24, 2.45) is 0 Å². The summed E-state index contributed by atoms with van der Waals surface area (Å²) in [5.41, 5.74) is 2.46. The Balaban J connectivity index is 2.59. The van der Waals surface area contributed by atoms with Crippen molar-refractivity contribution in [3.05, 3.63) is 17.5 Å². The fraction of sp³-hybridized carbons (Fsp3) is 0.429. The first-order valence-electron chi connectivity index (χ1n) is 3.32. The molecule has 3 heteroatoms. The Morgan fingerprint density at radius 1 is 1.60 bits per heavy atom. The maximum absolute atomic E-state index is 3.98. The molecule has 0 aromatic carbocycles. The summed E-state index contributed by atoms with van der Waals surface area (Å²) in [6.45, 7) is 2.02. The Labute approximate surface area is 64.1 Å². The number of nitrogens with zero attached hydrogens (tertiary/aromatic N) is 2. The van der Waals surface area contributed by atoms with E-state index in [1.54, 1.807) is 0 Å². The monoisotopic (exact) mass is 152 g/mol. The first kappa shape index (κ1) is 6.16. The molecule has 0 atom stereocenters. The molecule has 0 amide bonds. The number of rotatable bonds is 0. The van der Waals surface area contributed by atoms with Crippen LogP contribution in [0, 0.1) is 6.92 Å². The molecule has 2 rings (SSSR count). The summed E-state index contributed by atoms with van der Waals surface area (Å²) in [4.78, 5) is 1.36. The fourth-order valence-electron chi connectivity index (χ4n) is 1.16. The summed E-state index contributed by atoms with van der Waals surface area (Å²) in [5.74, 6) is 1.20. The minimum atomic E-state index is 1.08. The molecular formula is C7H8N2S. The highest BCUT2D eigenvalue weighted by Crippen LogP contribution is 2.31. The van der Waals surface area contributed by atoms with Gasteiger partial charge in [0, 0.05) is 10.6 Å². The number of hydrogen-bond acceptors (Lipinski definition) is 3. The van der Waals surface area contributed by atoms with Crippen LogP contribution >= 0.6 is 11.8 Å². The first-order valence-corrected chi connectivity index (χ1v) is 4.30. The lowest BCUT2D eigenvalue weighted by Crippen LogP contribution is -1.90. The Kier molecular flexibility index (Phi) is 1.38. The third kappa shape index (κ3) is 0.814. The van der Waals surface area contributed by atoms with Gasteiger partial charge in [0.15, 0.2) is 0 Å². The maximum atomic E-state index is 3.98. The molecule has 0 N–H and O–H groups in total. The highest BCUT2D eigenvalue weighted by molar-refractivity contribution is 7.99. The molecule has 0 aliphatic carbocycles. The molecule has 0 spiro atoms. The second kappa shape index (κ2) is 2.23. The molecule has 2 nitrogen and oxygen atoms in total. The highest BCUT2D eigenvalue weighted by Gasteiger charge is 2.13. The van der Waals surface area contributed by atoms with Crippen LogP contribution in [0.3, 0.4) is 0 Å². The topological polar surface area (TPSA) is 25.8 Å². The van der Waals surface area contributed by atoms with Gasteiger partial charge in [-0.2, -0.15) is 10.2 Å². The molecule has 0 fully saturated rings. The molecule has 0 bridgehead atoms. The lowest BCUT2D eigenvalue weighted by Gasteiger charge is -1.97. The van der Waals surface area contributed by atoms with Gasteiger partial charge >= 0.3 is 0 Å². The summed E-state index contributed by atoms with van der Waals surface area (Å²) in [5, 5.41) is 7.87. The van der Waals surface area contributed by atoms with Crippen LogP contribution < -0.4 is 0 Å². The van der Waals surface area contributed by atoms with E-state index in [1.807, 2.05) is 24.9 Å². The predicted octanol–water partition coefficient (Wildman–Crippen LogP) is 1.43. The van der Waals surface area contributed by atoms with E-state index in [-0.39, 0.29) is 0 Å². The van der Waals surface area contributed by atoms with E-state index in [0.717, 1.165) is 12.1 Å². The minimum Gasteiger partial charge on any atom is -0.159 e. The third-order valence-electron chi connectivity index (χ3n) is 1.66. The van der Waals surface area contributed by atoms with Crippen LogP contribution in [0.4, 0.5) is 0 Å². The van der Waals surface area contributed by atoms with Crippen molar-refractivity contribution in [3.63, 3.8) is 0 Å². The van der Waals surface area contributed by atoms with E-state index in [4.69, 9.17) is 0 Å². The number of aromatic nitrogens is 2. The van der Waals surface area contributed by atoms with Gasteiger partial charge in [0.1, 0.15) is 0 Å². The van der Waals surface area contributed by atoms with Crippen molar-refractivity contribution < 1.29 is 0 Å². The van der Waals surface area contributed by atoms with Gasteiger partial charge in [-0.3, -0.25) is 0 Å². The van der Waals surface area contributed by atoms with E-state index in [1.165, 1.54) is 16.2 Å². The Hall–Kier alpha value is -0.570. The van der Waals surface area contributed by atoms with Crippen LogP contribution in [0.1, 0.15) is 11.3 Å². The van der Waals surface area contributed by atoms with Crippen LogP contribution in [0.5, 0.6) is 0 Å². The van der Waals surface area contributed by atoms with Crippen LogP contribution in [-0.4, -0.2) is 16.0 Å². The summed E-state index contributed by atoms with van der Waals surface area (Å²) in [7, 11) is 0. The largest absolute Gasteiger partial charge is 0.159 e. The zero-order valence-electron chi connectivity index (χ0n) is 5.79. The number of fused-ring (bicyclic) bond motifs is 1. The number of hydrogen-bond donors (Lipinski definition) is 0. The maximum Gasteiger partial charge on any atom is 0.0738 e. The molecule has 10 heavy (non-hydrogen) atoms. The number of aryl methyl sites for hydroxylation is 2. The summed E-state index contributed by atoms with van der Waals surface area (Å²) in [6, 6.07) is 0. The van der Waals surface area contributed by atoms with Crippen LogP contribution in [-0.2, 0) is 6.42 Å². The smallest absolute Gasteiger partial charge is 0.0738 e. The van der Waals surface area contributed by atoms with E-state index in [2.05, 4.69) is 10.2 Å². The van der Waals surface area contributed by atoms with Crippen molar-refractivity contribution in [2.75, 3.05) is 5.75 Å². The molecule has 0 saturated carbocycles. The quantitative estimate of drug-likeness (QED) is 0.562. The molecule has 1 aliphatic rings. The molecule has 1 aromatic rings. The van der Waals surface area contributed by atoms with E-state index in [0.29, 0.717) is 0 Å². The molecule has 2 heterocycles. The third-order valence-corrected chi connectivity index (χ3v) is 2.91. The van der Waals surface area contributed by atoms with E-state index in [9.17, 15) is 0 Å². The van der Waals surface area contributed by atoms with Gasteiger partial charge < -0.3 is 0 Å². The summed E-state index contributed by atoms with van der Waals surface area (Å²) in [6.07, 6.45) is 3.04. The van der Waals surface area contributed by atoms with Crippen molar-refractivity contribution in [3.8, 4) is 0 Å². The molecule has 52 valence electrons.